The molecule has 0 unspecified atom stereocenters. The lowest BCUT2D eigenvalue weighted by molar-refractivity contribution is 0.304. The SMILES string of the molecule is CCc1nonc1-c1nc2ccccc2n1Cc1ccccc1. The Morgan fingerprint density at radius 3 is 2.57 bits per heavy atom. The highest BCUT2D eigenvalue weighted by atomic mass is 16.6. The van der Waals surface area contributed by atoms with Gasteiger partial charge in [-0.05, 0) is 29.3 Å². The van der Waals surface area contributed by atoms with E-state index in [-0.39, 0.29) is 0 Å². The van der Waals surface area contributed by atoms with Gasteiger partial charge < -0.3 is 4.57 Å². The third-order valence-corrected chi connectivity index (χ3v) is 3.94. The van der Waals surface area contributed by atoms with Crippen molar-refractivity contribution in [1.82, 2.24) is 19.9 Å². The third-order valence-electron chi connectivity index (χ3n) is 3.94. The monoisotopic (exact) mass is 304 g/mol. The van der Waals surface area contributed by atoms with Crippen LogP contribution < -0.4 is 0 Å². The van der Waals surface area contributed by atoms with E-state index in [0.717, 1.165) is 41.2 Å². The van der Waals surface area contributed by atoms with Gasteiger partial charge in [-0.2, -0.15) is 0 Å². The second kappa shape index (κ2) is 5.68. The van der Waals surface area contributed by atoms with Gasteiger partial charge >= 0.3 is 0 Å². The number of hydrogen-bond acceptors (Lipinski definition) is 4. The van der Waals surface area contributed by atoms with Gasteiger partial charge in [0, 0.05) is 6.54 Å². The lowest BCUT2D eigenvalue weighted by Crippen LogP contribution is -2.03. The van der Waals surface area contributed by atoms with Crippen molar-refractivity contribution in [3.05, 3.63) is 65.9 Å². The molecule has 0 fully saturated rings. The zero-order valence-electron chi connectivity index (χ0n) is 12.8. The summed E-state index contributed by atoms with van der Waals surface area (Å²) in [6.45, 7) is 2.76. The second-order valence-electron chi connectivity index (χ2n) is 5.41. The van der Waals surface area contributed by atoms with Crippen LogP contribution in [0.15, 0.2) is 59.2 Å². The maximum atomic E-state index is 4.94. The van der Waals surface area contributed by atoms with Crippen LogP contribution in [0.1, 0.15) is 18.2 Å². The van der Waals surface area contributed by atoms with Gasteiger partial charge in [-0.3, -0.25) is 0 Å². The van der Waals surface area contributed by atoms with E-state index in [4.69, 9.17) is 9.61 Å². The Labute approximate surface area is 133 Å². The molecule has 0 saturated heterocycles. The van der Waals surface area contributed by atoms with E-state index in [1.54, 1.807) is 0 Å². The molecule has 0 N–H and O–H groups in total. The first-order valence-electron chi connectivity index (χ1n) is 7.68. The molecule has 2 heterocycles. The molecule has 5 nitrogen and oxygen atoms in total. The van der Waals surface area contributed by atoms with E-state index in [0.29, 0.717) is 0 Å². The minimum absolute atomic E-state index is 0.722. The van der Waals surface area contributed by atoms with Crippen molar-refractivity contribution < 1.29 is 4.63 Å². The summed E-state index contributed by atoms with van der Waals surface area (Å²) < 4.78 is 7.11. The van der Waals surface area contributed by atoms with Crippen molar-refractivity contribution in [3.63, 3.8) is 0 Å². The molecule has 4 aromatic rings. The molecule has 0 radical (unpaired) electrons. The largest absolute Gasteiger partial charge is 0.318 e. The van der Waals surface area contributed by atoms with E-state index in [2.05, 4.69) is 33.1 Å². The molecule has 0 aliphatic carbocycles. The molecule has 2 aromatic heterocycles. The van der Waals surface area contributed by atoms with Crippen molar-refractivity contribution >= 4 is 11.0 Å². The molecule has 0 aliphatic rings. The molecule has 4 rings (SSSR count). The van der Waals surface area contributed by atoms with Crippen LogP contribution in [0.25, 0.3) is 22.6 Å². The molecule has 0 saturated carbocycles. The highest BCUT2D eigenvalue weighted by Gasteiger charge is 2.19. The summed E-state index contributed by atoms with van der Waals surface area (Å²) in [6, 6.07) is 18.4. The Hall–Kier alpha value is -2.95. The minimum Gasteiger partial charge on any atom is -0.318 e. The molecule has 0 atom stereocenters. The lowest BCUT2D eigenvalue weighted by atomic mass is 10.2. The van der Waals surface area contributed by atoms with Gasteiger partial charge in [0.05, 0.1) is 11.0 Å². The topological polar surface area (TPSA) is 56.7 Å². The lowest BCUT2D eigenvalue weighted by Gasteiger charge is -2.08. The number of nitrogens with zero attached hydrogens (tertiary/aromatic N) is 4. The summed E-state index contributed by atoms with van der Waals surface area (Å²) in [7, 11) is 0. The molecular formula is C18H16N4O. The summed E-state index contributed by atoms with van der Waals surface area (Å²) in [5.74, 6) is 0.799. The van der Waals surface area contributed by atoms with Crippen molar-refractivity contribution in [2.24, 2.45) is 0 Å². The number of aromatic nitrogens is 4. The van der Waals surface area contributed by atoms with Gasteiger partial charge in [-0.25, -0.2) is 9.61 Å². The average Bonchev–Trinajstić information content (AvgIpc) is 3.20. The Kier molecular flexibility index (Phi) is 3.38. The second-order valence-corrected chi connectivity index (χ2v) is 5.41. The van der Waals surface area contributed by atoms with Crippen LogP contribution in [0.3, 0.4) is 0 Å². The van der Waals surface area contributed by atoms with E-state index in [9.17, 15) is 0 Å². The van der Waals surface area contributed by atoms with Crippen LogP contribution in [0, 0.1) is 0 Å². The average molecular weight is 304 g/mol. The van der Waals surface area contributed by atoms with Crippen LogP contribution in [0.4, 0.5) is 0 Å². The summed E-state index contributed by atoms with van der Waals surface area (Å²) in [5.41, 5.74) is 4.79. The quantitative estimate of drug-likeness (QED) is 0.577. The fraction of sp³-hybridized carbons (Fsp3) is 0.167. The fourth-order valence-electron chi connectivity index (χ4n) is 2.79. The zero-order chi connectivity index (χ0) is 15.6. The first-order chi connectivity index (χ1) is 11.4. The highest BCUT2D eigenvalue weighted by molar-refractivity contribution is 5.80. The van der Waals surface area contributed by atoms with Crippen LogP contribution in [-0.4, -0.2) is 19.9 Å². The van der Waals surface area contributed by atoms with Gasteiger partial charge in [0.25, 0.3) is 0 Å². The van der Waals surface area contributed by atoms with E-state index in [1.165, 1.54) is 5.56 Å². The smallest absolute Gasteiger partial charge is 0.173 e. The molecule has 23 heavy (non-hydrogen) atoms. The summed E-state index contributed by atoms with van der Waals surface area (Å²) in [4.78, 5) is 4.76. The van der Waals surface area contributed by atoms with E-state index >= 15 is 0 Å². The Morgan fingerprint density at radius 1 is 0.957 bits per heavy atom. The van der Waals surface area contributed by atoms with Gasteiger partial charge in [0.15, 0.2) is 11.5 Å². The maximum absolute atomic E-state index is 4.94. The van der Waals surface area contributed by atoms with Gasteiger partial charge in [-0.1, -0.05) is 54.5 Å². The zero-order valence-corrected chi connectivity index (χ0v) is 12.8. The van der Waals surface area contributed by atoms with Crippen LogP contribution in [-0.2, 0) is 13.0 Å². The van der Waals surface area contributed by atoms with E-state index in [1.807, 2.05) is 43.3 Å². The Bertz CT molecular complexity index is 940. The van der Waals surface area contributed by atoms with Crippen molar-refractivity contribution in [2.75, 3.05) is 0 Å². The van der Waals surface area contributed by atoms with Crippen molar-refractivity contribution in [3.8, 4) is 11.5 Å². The number of rotatable bonds is 4. The maximum Gasteiger partial charge on any atom is 0.173 e. The normalized spacial score (nSPS) is 11.2. The number of aryl methyl sites for hydroxylation is 1. The number of fused-ring (bicyclic) bond motifs is 1. The first kappa shape index (κ1) is 13.7. The van der Waals surface area contributed by atoms with Crippen molar-refractivity contribution in [2.45, 2.75) is 19.9 Å². The molecule has 0 amide bonds. The summed E-state index contributed by atoms with van der Waals surface area (Å²) in [6.07, 6.45) is 0.757. The Morgan fingerprint density at radius 2 is 1.74 bits per heavy atom. The molecule has 114 valence electrons. The van der Waals surface area contributed by atoms with Crippen LogP contribution in [0.2, 0.25) is 0 Å². The Balaban J connectivity index is 1.91. The third kappa shape index (κ3) is 2.40. The number of imidazole rings is 1. The van der Waals surface area contributed by atoms with Crippen LogP contribution in [0.5, 0.6) is 0 Å². The van der Waals surface area contributed by atoms with Crippen LogP contribution >= 0.6 is 0 Å². The molecule has 0 aliphatic heterocycles. The molecule has 5 heteroatoms. The summed E-state index contributed by atoms with van der Waals surface area (Å²) in [5, 5.41) is 8.08. The number of benzene rings is 2. The van der Waals surface area contributed by atoms with Crippen molar-refractivity contribution in [1.29, 1.82) is 0 Å². The molecular weight excluding hydrogens is 288 g/mol. The van der Waals surface area contributed by atoms with Gasteiger partial charge in [0.2, 0.25) is 0 Å². The van der Waals surface area contributed by atoms with E-state index < -0.39 is 0 Å². The fourth-order valence-corrected chi connectivity index (χ4v) is 2.79. The molecule has 0 bridgehead atoms. The predicted molar refractivity (Wildman–Crippen MR) is 87.9 cm³/mol. The predicted octanol–water partition coefficient (Wildman–Crippen LogP) is 3.70. The highest BCUT2D eigenvalue weighted by Crippen LogP contribution is 2.26. The number of hydrogen-bond donors (Lipinski definition) is 0. The first-order valence-corrected chi connectivity index (χ1v) is 7.68. The van der Waals surface area contributed by atoms with Gasteiger partial charge in [0.1, 0.15) is 5.69 Å². The number of para-hydroxylation sites is 2. The molecule has 2 aromatic carbocycles. The minimum atomic E-state index is 0.722. The molecule has 0 spiro atoms. The standard InChI is InChI=1S/C18H16N4O/c1-2-14-17(21-23-20-14)18-19-15-10-6-7-11-16(15)22(18)12-13-8-4-3-5-9-13/h3-11H,2,12H2,1H3. The van der Waals surface area contributed by atoms with Gasteiger partial charge in [-0.15, -0.1) is 0 Å². The summed E-state index contributed by atoms with van der Waals surface area (Å²) >= 11 is 0.